The Morgan fingerprint density at radius 1 is 1.25 bits per heavy atom. The maximum absolute atomic E-state index is 13.2. The first-order valence-electron chi connectivity index (χ1n) is 9.52. The van der Waals surface area contributed by atoms with Crippen molar-refractivity contribution >= 4 is 40.7 Å². The Hall–Kier alpha value is -3.17. The molecular weight excluding hydrogens is 455 g/mol. The van der Waals surface area contributed by atoms with E-state index >= 15 is 0 Å². The standard InChI is InChI=1S/C22H20ClFN4O3S/c1-3-10-28-20(12-31-19-9-6-16(24)11-18(19)23)26-27-22(28)32-13-21(30)25-17-7-4-15(5-8-17)14(2)29/h3-9,11H,1,10,12-13H2,2H3,(H,25,30). The lowest BCUT2D eigenvalue weighted by Crippen LogP contribution is -2.15. The summed E-state index contributed by atoms with van der Waals surface area (Å²) in [7, 11) is 0. The normalized spacial score (nSPS) is 10.6. The molecule has 1 N–H and O–H groups in total. The Morgan fingerprint density at radius 2 is 2.00 bits per heavy atom. The first-order chi connectivity index (χ1) is 15.4. The number of anilines is 1. The van der Waals surface area contributed by atoms with E-state index in [2.05, 4.69) is 22.1 Å². The molecular formula is C22H20ClFN4O3S. The topological polar surface area (TPSA) is 86.1 Å². The highest BCUT2D eigenvalue weighted by atomic mass is 35.5. The van der Waals surface area contributed by atoms with E-state index in [1.54, 1.807) is 34.9 Å². The van der Waals surface area contributed by atoms with Crippen LogP contribution >= 0.6 is 23.4 Å². The monoisotopic (exact) mass is 474 g/mol. The number of carbonyl (C=O) groups excluding carboxylic acids is 2. The molecule has 0 spiro atoms. The van der Waals surface area contributed by atoms with Gasteiger partial charge in [-0.1, -0.05) is 29.4 Å². The molecule has 0 aliphatic heterocycles. The van der Waals surface area contributed by atoms with Gasteiger partial charge in [-0.3, -0.25) is 14.2 Å². The van der Waals surface area contributed by atoms with Gasteiger partial charge in [-0.25, -0.2) is 4.39 Å². The number of ketones is 1. The summed E-state index contributed by atoms with van der Waals surface area (Å²) in [5.41, 5.74) is 1.17. The summed E-state index contributed by atoms with van der Waals surface area (Å²) in [6.45, 7) is 5.69. The zero-order valence-corrected chi connectivity index (χ0v) is 18.8. The van der Waals surface area contributed by atoms with Crippen LogP contribution in [0.5, 0.6) is 5.75 Å². The molecule has 0 aliphatic rings. The minimum Gasteiger partial charge on any atom is -0.484 e. The zero-order chi connectivity index (χ0) is 23.1. The van der Waals surface area contributed by atoms with Crippen LogP contribution in [0.3, 0.4) is 0 Å². The van der Waals surface area contributed by atoms with Crippen LogP contribution in [0.4, 0.5) is 10.1 Å². The second-order valence-corrected chi connectivity index (χ2v) is 7.98. The van der Waals surface area contributed by atoms with Crippen molar-refractivity contribution in [3.8, 4) is 5.75 Å². The van der Waals surface area contributed by atoms with E-state index in [4.69, 9.17) is 16.3 Å². The van der Waals surface area contributed by atoms with Gasteiger partial charge < -0.3 is 10.1 Å². The lowest BCUT2D eigenvalue weighted by atomic mass is 10.1. The van der Waals surface area contributed by atoms with Gasteiger partial charge in [0.2, 0.25) is 5.91 Å². The van der Waals surface area contributed by atoms with Crippen molar-refractivity contribution < 1.29 is 18.7 Å². The van der Waals surface area contributed by atoms with Gasteiger partial charge in [0.05, 0.1) is 10.8 Å². The van der Waals surface area contributed by atoms with E-state index in [0.29, 0.717) is 34.5 Å². The van der Waals surface area contributed by atoms with E-state index in [9.17, 15) is 14.0 Å². The molecule has 3 aromatic rings. The van der Waals surface area contributed by atoms with Crippen molar-refractivity contribution in [2.45, 2.75) is 25.2 Å². The number of carbonyl (C=O) groups is 2. The van der Waals surface area contributed by atoms with Crippen molar-refractivity contribution in [1.82, 2.24) is 14.8 Å². The molecule has 10 heteroatoms. The summed E-state index contributed by atoms with van der Waals surface area (Å²) < 4.78 is 20.6. The van der Waals surface area contributed by atoms with E-state index in [1.165, 1.54) is 36.9 Å². The molecule has 1 heterocycles. The maximum atomic E-state index is 13.2. The molecule has 0 bridgehead atoms. The molecule has 2 aromatic carbocycles. The van der Waals surface area contributed by atoms with Crippen molar-refractivity contribution in [3.05, 3.63) is 77.3 Å². The lowest BCUT2D eigenvalue weighted by molar-refractivity contribution is -0.113. The fourth-order valence-electron chi connectivity index (χ4n) is 2.70. The molecule has 7 nitrogen and oxygen atoms in total. The van der Waals surface area contributed by atoms with Gasteiger partial charge in [-0.15, -0.1) is 16.8 Å². The average molecular weight is 475 g/mol. The Balaban J connectivity index is 1.61. The van der Waals surface area contributed by atoms with Crippen LogP contribution in [-0.2, 0) is 17.9 Å². The number of aromatic nitrogens is 3. The quantitative estimate of drug-likeness (QED) is 0.259. The number of rotatable bonds is 10. The largest absolute Gasteiger partial charge is 0.484 e. The fraction of sp³-hybridized carbons (Fsp3) is 0.182. The van der Waals surface area contributed by atoms with Gasteiger partial charge in [-0.05, 0) is 49.4 Å². The highest BCUT2D eigenvalue weighted by molar-refractivity contribution is 7.99. The number of allylic oxidation sites excluding steroid dienone is 1. The summed E-state index contributed by atoms with van der Waals surface area (Å²) >= 11 is 7.20. The first-order valence-corrected chi connectivity index (χ1v) is 10.9. The van der Waals surface area contributed by atoms with Crippen LogP contribution in [0.1, 0.15) is 23.1 Å². The van der Waals surface area contributed by atoms with Gasteiger partial charge in [0.15, 0.2) is 16.8 Å². The third-order valence-corrected chi connectivity index (χ3v) is 5.53. The Labute approximate surface area is 193 Å². The number of hydrogen-bond acceptors (Lipinski definition) is 6. The summed E-state index contributed by atoms with van der Waals surface area (Å²) in [5, 5.41) is 11.7. The molecule has 0 saturated heterocycles. The summed E-state index contributed by atoms with van der Waals surface area (Å²) in [6, 6.07) is 10.5. The average Bonchev–Trinajstić information content (AvgIpc) is 3.14. The number of halogens is 2. The lowest BCUT2D eigenvalue weighted by Gasteiger charge is -2.10. The number of thioether (sulfide) groups is 1. The second kappa shape index (κ2) is 10.9. The third-order valence-electron chi connectivity index (χ3n) is 4.26. The molecule has 0 unspecified atom stereocenters. The van der Waals surface area contributed by atoms with E-state index < -0.39 is 5.82 Å². The minimum absolute atomic E-state index is 0.0403. The predicted octanol–water partition coefficient (Wildman–Crippen LogP) is 4.77. The zero-order valence-electron chi connectivity index (χ0n) is 17.2. The molecule has 3 rings (SSSR count). The number of benzene rings is 2. The molecule has 166 valence electrons. The number of ether oxygens (including phenoxy) is 1. The smallest absolute Gasteiger partial charge is 0.234 e. The molecule has 1 amide bonds. The minimum atomic E-state index is -0.455. The molecule has 0 radical (unpaired) electrons. The summed E-state index contributed by atoms with van der Waals surface area (Å²) in [4.78, 5) is 23.6. The van der Waals surface area contributed by atoms with E-state index in [1.807, 2.05) is 0 Å². The highest BCUT2D eigenvalue weighted by Gasteiger charge is 2.15. The van der Waals surface area contributed by atoms with Crippen LogP contribution in [0, 0.1) is 5.82 Å². The van der Waals surface area contributed by atoms with Crippen molar-refractivity contribution in [1.29, 1.82) is 0 Å². The number of hydrogen-bond donors (Lipinski definition) is 1. The Bertz CT molecular complexity index is 1130. The van der Waals surface area contributed by atoms with Gasteiger partial charge in [0.25, 0.3) is 0 Å². The number of nitrogens with zero attached hydrogens (tertiary/aromatic N) is 3. The third kappa shape index (κ3) is 6.18. The van der Waals surface area contributed by atoms with Crippen LogP contribution < -0.4 is 10.1 Å². The van der Waals surface area contributed by atoms with Crippen LogP contribution in [-0.4, -0.2) is 32.2 Å². The number of nitrogens with one attached hydrogen (secondary N) is 1. The second-order valence-electron chi connectivity index (χ2n) is 6.63. The first kappa shape index (κ1) is 23.5. The molecule has 0 atom stereocenters. The van der Waals surface area contributed by atoms with Crippen LogP contribution in [0.15, 0.2) is 60.3 Å². The number of amides is 1. The van der Waals surface area contributed by atoms with Gasteiger partial charge in [0.1, 0.15) is 18.2 Å². The van der Waals surface area contributed by atoms with Crippen molar-refractivity contribution in [2.75, 3.05) is 11.1 Å². The van der Waals surface area contributed by atoms with E-state index in [-0.39, 0.29) is 29.1 Å². The predicted molar refractivity (Wildman–Crippen MR) is 122 cm³/mol. The van der Waals surface area contributed by atoms with Gasteiger partial charge in [-0.2, -0.15) is 0 Å². The maximum Gasteiger partial charge on any atom is 0.234 e. The fourth-order valence-corrected chi connectivity index (χ4v) is 3.68. The summed E-state index contributed by atoms with van der Waals surface area (Å²) in [5.74, 6) is 0.215. The Kier molecular flexibility index (Phi) is 8.02. The van der Waals surface area contributed by atoms with Gasteiger partial charge >= 0.3 is 0 Å². The van der Waals surface area contributed by atoms with Crippen molar-refractivity contribution in [2.24, 2.45) is 0 Å². The van der Waals surface area contributed by atoms with E-state index in [0.717, 1.165) is 0 Å². The molecule has 0 saturated carbocycles. The SMILES string of the molecule is C=CCn1c(COc2ccc(F)cc2Cl)nnc1SCC(=O)Nc1ccc(C(C)=O)cc1. The molecule has 0 aliphatic carbocycles. The van der Waals surface area contributed by atoms with Crippen LogP contribution in [0.2, 0.25) is 5.02 Å². The van der Waals surface area contributed by atoms with Crippen LogP contribution in [0.25, 0.3) is 0 Å². The number of Topliss-reactive ketones (excluding diaryl/α,β-unsaturated/α-hetero) is 1. The molecule has 1 aromatic heterocycles. The summed E-state index contributed by atoms with van der Waals surface area (Å²) in [6.07, 6.45) is 1.68. The molecule has 32 heavy (non-hydrogen) atoms. The van der Waals surface area contributed by atoms with Gasteiger partial charge in [0, 0.05) is 17.8 Å². The molecule has 0 fully saturated rings. The Morgan fingerprint density at radius 3 is 2.66 bits per heavy atom. The highest BCUT2D eigenvalue weighted by Crippen LogP contribution is 2.26. The van der Waals surface area contributed by atoms with Crippen molar-refractivity contribution in [3.63, 3.8) is 0 Å².